The molecule has 12 heteroatoms. The molecule has 0 heterocycles. The van der Waals surface area contributed by atoms with Crippen molar-refractivity contribution in [2.75, 3.05) is 10.8 Å². The Kier molecular flexibility index (Phi) is 11.7. The molecule has 1 atom stereocenters. The molecule has 4 rings (SSSR count). The molecule has 0 radical (unpaired) electrons. The van der Waals surface area contributed by atoms with Crippen molar-refractivity contribution in [1.29, 1.82) is 0 Å². The summed E-state index contributed by atoms with van der Waals surface area (Å²) in [7, 11) is -4.30. The highest BCUT2D eigenvalue weighted by atomic mass is 35.5. The van der Waals surface area contributed by atoms with E-state index in [0.29, 0.717) is 15.6 Å². The van der Waals surface area contributed by atoms with Gasteiger partial charge in [0.2, 0.25) is 11.8 Å². The molecule has 0 spiro atoms. The Morgan fingerprint density at radius 3 is 1.91 bits per heavy atom. The SMILES string of the molecule is CC(C)(C)NC(=O)C(Cc1ccccc1)N(Cc1c(Cl)cccc1Cl)C(=O)CN(c1ccc(Cl)c(Cl)c1)S(=O)(=O)c1ccccc1. The largest absolute Gasteiger partial charge is 0.350 e. The van der Waals surface area contributed by atoms with Gasteiger partial charge in [-0.2, -0.15) is 0 Å². The Hall–Kier alpha value is -3.27. The zero-order chi connectivity index (χ0) is 33.6. The molecule has 4 aromatic carbocycles. The Morgan fingerprint density at radius 2 is 1.35 bits per heavy atom. The highest BCUT2D eigenvalue weighted by Crippen LogP contribution is 2.32. The van der Waals surface area contributed by atoms with Crippen molar-refractivity contribution < 1.29 is 18.0 Å². The number of amides is 2. The van der Waals surface area contributed by atoms with Crippen LogP contribution < -0.4 is 9.62 Å². The number of hydrogen-bond donors (Lipinski definition) is 1. The van der Waals surface area contributed by atoms with Gasteiger partial charge in [0.1, 0.15) is 12.6 Å². The lowest BCUT2D eigenvalue weighted by atomic mass is 10.0. The summed E-state index contributed by atoms with van der Waals surface area (Å²) in [5.74, 6) is -1.11. The lowest BCUT2D eigenvalue weighted by molar-refractivity contribution is -0.140. The summed E-state index contributed by atoms with van der Waals surface area (Å²) in [5.41, 5.74) is 0.678. The predicted molar refractivity (Wildman–Crippen MR) is 186 cm³/mol. The smallest absolute Gasteiger partial charge is 0.264 e. The van der Waals surface area contributed by atoms with Crippen molar-refractivity contribution in [3.63, 3.8) is 0 Å². The molecule has 1 unspecified atom stereocenters. The lowest BCUT2D eigenvalue weighted by Crippen LogP contribution is -2.56. The van der Waals surface area contributed by atoms with E-state index in [2.05, 4.69) is 5.32 Å². The van der Waals surface area contributed by atoms with Crippen LogP contribution in [0.3, 0.4) is 0 Å². The first kappa shape index (κ1) is 35.6. The third kappa shape index (κ3) is 8.96. The van der Waals surface area contributed by atoms with E-state index in [9.17, 15) is 18.0 Å². The van der Waals surface area contributed by atoms with Gasteiger partial charge in [0.15, 0.2) is 0 Å². The zero-order valence-corrected chi connectivity index (χ0v) is 29.2. The molecule has 0 aliphatic rings. The molecule has 46 heavy (non-hydrogen) atoms. The average Bonchev–Trinajstić information content (AvgIpc) is 3.00. The maximum absolute atomic E-state index is 14.6. The minimum Gasteiger partial charge on any atom is -0.350 e. The fourth-order valence-electron chi connectivity index (χ4n) is 4.75. The Morgan fingerprint density at radius 1 is 0.761 bits per heavy atom. The molecular weight excluding hydrogens is 688 g/mol. The van der Waals surface area contributed by atoms with Crippen LogP contribution in [0.4, 0.5) is 5.69 Å². The van der Waals surface area contributed by atoms with E-state index in [0.717, 1.165) is 9.87 Å². The second kappa shape index (κ2) is 15.1. The monoisotopic (exact) mass is 719 g/mol. The van der Waals surface area contributed by atoms with Crippen LogP contribution in [0.2, 0.25) is 20.1 Å². The summed E-state index contributed by atoms with van der Waals surface area (Å²) >= 11 is 25.6. The lowest BCUT2D eigenvalue weighted by Gasteiger charge is -2.35. The third-order valence-electron chi connectivity index (χ3n) is 6.96. The first-order valence-electron chi connectivity index (χ1n) is 14.3. The number of carbonyl (C=O) groups excluding carboxylic acids is 2. The van der Waals surface area contributed by atoms with Crippen molar-refractivity contribution in [3.05, 3.63) is 128 Å². The van der Waals surface area contributed by atoms with Crippen LogP contribution in [0.1, 0.15) is 31.9 Å². The summed E-state index contributed by atoms with van der Waals surface area (Å²) in [4.78, 5) is 29.9. The summed E-state index contributed by atoms with van der Waals surface area (Å²) in [6, 6.07) is 25.1. The molecule has 242 valence electrons. The van der Waals surface area contributed by atoms with Crippen molar-refractivity contribution in [2.45, 2.75) is 50.2 Å². The van der Waals surface area contributed by atoms with E-state index in [1.165, 1.54) is 35.2 Å². The topological polar surface area (TPSA) is 86.8 Å². The van der Waals surface area contributed by atoms with Crippen LogP contribution in [0.5, 0.6) is 0 Å². The maximum Gasteiger partial charge on any atom is 0.264 e. The normalized spacial score (nSPS) is 12.3. The predicted octanol–water partition coefficient (Wildman–Crippen LogP) is 8.05. The van der Waals surface area contributed by atoms with Gasteiger partial charge in [-0.15, -0.1) is 0 Å². The van der Waals surface area contributed by atoms with Gasteiger partial charge in [0.05, 0.1) is 20.6 Å². The van der Waals surface area contributed by atoms with Crippen LogP contribution in [0.15, 0.2) is 102 Å². The first-order chi connectivity index (χ1) is 21.7. The molecule has 0 saturated heterocycles. The van der Waals surface area contributed by atoms with Gasteiger partial charge >= 0.3 is 0 Å². The Labute approximate surface area is 290 Å². The van der Waals surface area contributed by atoms with E-state index in [4.69, 9.17) is 46.4 Å². The number of halogens is 4. The Balaban J connectivity index is 1.86. The van der Waals surface area contributed by atoms with Gasteiger partial charge in [-0.3, -0.25) is 13.9 Å². The van der Waals surface area contributed by atoms with Gasteiger partial charge in [-0.05, 0) is 68.8 Å². The minimum absolute atomic E-state index is 0.0409. The van der Waals surface area contributed by atoms with Crippen molar-refractivity contribution in [2.24, 2.45) is 0 Å². The second-order valence-electron chi connectivity index (χ2n) is 11.6. The molecular formula is C34H33Cl4N3O4S. The molecule has 7 nitrogen and oxygen atoms in total. The van der Waals surface area contributed by atoms with Crippen LogP contribution in [-0.4, -0.2) is 43.3 Å². The van der Waals surface area contributed by atoms with E-state index >= 15 is 0 Å². The summed E-state index contributed by atoms with van der Waals surface area (Å²) in [6.07, 6.45) is 0.134. The fraction of sp³-hybridized carbons (Fsp3) is 0.235. The number of hydrogen-bond acceptors (Lipinski definition) is 4. The molecule has 1 N–H and O–H groups in total. The number of nitrogens with one attached hydrogen (secondary N) is 1. The molecule has 2 amide bonds. The van der Waals surface area contributed by atoms with Gasteiger partial charge < -0.3 is 10.2 Å². The minimum atomic E-state index is -4.30. The quantitative estimate of drug-likeness (QED) is 0.170. The first-order valence-corrected chi connectivity index (χ1v) is 17.2. The summed E-state index contributed by atoms with van der Waals surface area (Å²) in [6.45, 7) is 4.65. The van der Waals surface area contributed by atoms with E-state index in [1.54, 1.807) is 36.4 Å². The van der Waals surface area contributed by atoms with Gasteiger partial charge in [0, 0.05) is 34.1 Å². The molecule has 0 aliphatic carbocycles. The average molecular weight is 722 g/mol. The maximum atomic E-state index is 14.6. The standard InChI is InChI=1S/C34H33Cl4N3O4S/c1-34(2,3)39-33(43)31(19-23-11-6-4-7-12-23)40(21-26-27(35)15-10-16-28(26)36)32(42)22-41(24-17-18-29(37)30(38)20-24)46(44,45)25-13-8-5-9-14-25/h4-18,20,31H,19,21-22H2,1-3H3,(H,39,43). The number of carbonyl (C=O) groups is 2. The van der Waals surface area contributed by atoms with Gasteiger partial charge in [-0.1, -0.05) is 101 Å². The number of nitrogens with zero attached hydrogens (tertiary/aromatic N) is 2. The molecule has 0 fully saturated rings. The number of benzene rings is 4. The van der Waals surface area contributed by atoms with E-state index < -0.39 is 40.0 Å². The number of sulfonamides is 1. The Bertz CT molecular complexity index is 1780. The third-order valence-corrected chi connectivity index (χ3v) is 10.2. The van der Waals surface area contributed by atoms with Crippen molar-refractivity contribution >= 4 is 73.9 Å². The molecule has 0 saturated carbocycles. The molecule has 4 aromatic rings. The fourth-order valence-corrected chi connectivity index (χ4v) is 6.99. The van der Waals surface area contributed by atoms with Crippen LogP contribution in [0.25, 0.3) is 0 Å². The summed E-state index contributed by atoms with van der Waals surface area (Å²) in [5, 5.41) is 3.88. The van der Waals surface area contributed by atoms with Gasteiger partial charge in [-0.25, -0.2) is 8.42 Å². The number of rotatable bonds is 11. The van der Waals surface area contributed by atoms with Crippen LogP contribution in [0, 0.1) is 0 Å². The van der Waals surface area contributed by atoms with Crippen LogP contribution >= 0.6 is 46.4 Å². The highest BCUT2D eigenvalue weighted by Gasteiger charge is 2.36. The molecule has 0 aliphatic heterocycles. The van der Waals surface area contributed by atoms with Crippen LogP contribution in [-0.2, 0) is 32.6 Å². The highest BCUT2D eigenvalue weighted by molar-refractivity contribution is 7.92. The number of anilines is 1. The molecule has 0 bridgehead atoms. The second-order valence-corrected chi connectivity index (χ2v) is 15.1. The molecule has 0 aromatic heterocycles. The summed E-state index contributed by atoms with van der Waals surface area (Å²) < 4.78 is 29.1. The van der Waals surface area contributed by atoms with E-state index in [-0.39, 0.29) is 33.6 Å². The van der Waals surface area contributed by atoms with Gasteiger partial charge in [0.25, 0.3) is 10.0 Å². The van der Waals surface area contributed by atoms with E-state index in [1.807, 2.05) is 51.1 Å². The van der Waals surface area contributed by atoms with Crippen molar-refractivity contribution in [3.8, 4) is 0 Å². The van der Waals surface area contributed by atoms with Crippen molar-refractivity contribution in [1.82, 2.24) is 10.2 Å². The zero-order valence-electron chi connectivity index (χ0n) is 25.4.